The Bertz CT molecular complexity index is 1080. The van der Waals surface area contributed by atoms with Crippen molar-refractivity contribution in [2.45, 2.75) is 25.9 Å². The van der Waals surface area contributed by atoms with E-state index in [4.69, 9.17) is 13.9 Å². The van der Waals surface area contributed by atoms with E-state index in [1.165, 1.54) is 13.8 Å². The van der Waals surface area contributed by atoms with Crippen molar-refractivity contribution >= 4 is 28.7 Å². The molecule has 0 fully saturated rings. The van der Waals surface area contributed by atoms with Crippen molar-refractivity contribution in [1.29, 1.82) is 0 Å². The van der Waals surface area contributed by atoms with Crippen LogP contribution in [0.15, 0.2) is 15.3 Å². The summed E-state index contributed by atoms with van der Waals surface area (Å²) in [5.41, 5.74) is -6.13. The topological polar surface area (TPSA) is 161 Å². The number of Topliss-reactive ketones (excluding diaryl/α,β-unsaturated/α-hetero) is 1. The van der Waals surface area contributed by atoms with Crippen LogP contribution in [0, 0.1) is 0 Å². The quantitative estimate of drug-likeness (QED) is 0.278. The van der Waals surface area contributed by atoms with Gasteiger partial charge in [-0.25, -0.2) is 9.59 Å². The van der Waals surface area contributed by atoms with Crippen molar-refractivity contribution < 1.29 is 43.6 Å². The molecule has 0 saturated heterocycles. The van der Waals surface area contributed by atoms with Crippen LogP contribution in [-0.4, -0.2) is 46.3 Å². The van der Waals surface area contributed by atoms with Gasteiger partial charge in [0.25, 0.3) is 5.60 Å². The largest absolute Gasteiger partial charge is 0.504 e. The number of benzene rings is 1. The second kappa shape index (κ2) is 6.64. The molecule has 0 spiro atoms. The molecule has 1 aromatic heterocycles. The van der Waals surface area contributed by atoms with Crippen LogP contribution in [0.5, 0.6) is 11.5 Å². The summed E-state index contributed by atoms with van der Waals surface area (Å²) < 4.78 is 14.5. The van der Waals surface area contributed by atoms with E-state index < -0.39 is 63.6 Å². The first-order valence-corrected chi connectivity index (χ1v) is 8.33. The minimum Gasteiger partial charge on any atom is -0.504 e. The van der Waals surface area contributed by atoms with Gasteiger partial charge in [-0.2, -0.15) is 0 Å². The highest BCUT2D eigenvalue weighted by atomic mass is 16.6. The van der Waals surface area contributed by atoms with E-state index in [2.05, 4.69) is 0 Å². The fourth-order valence-corrected chi connectivity index (χ4v) is 3.22. The molecule has 10 nitrogen and oxygen atoms in total. The van der Waals surface area contributed by atoms with E-state index in [1.54, 1.807) is 0 Å². The first-order valence-electron chi connectivity index (χ1n) is 8.33. The first-order chi connectivity index (χ1) is 13.2. The fraction of sp³-hybridized carbons (Fsp3) is 0.333. The van der Waals surface area contributed by atoms with Gasteiger partial charge in [0.05, 0.1) is 25.2 Å². The maximum absolute atomic E-state index is 12.9. The standard InChI is InChI=1S/C18H16O10/c1-3-26-10(20)6-8-12-11-7(15(22)18(12,25)17(24)27-4-2)5-9(19)13(21)14(11)28-16(8)23/h5,19,21,25H,3-4,6H2,1-2H3. The van der Waals surface area contributed by atoms with E-state index >= 15 is 0 Å². The maximum atomic E-state index is 12.9. The van der Waals surface area contributed by atoms with Crippen molar-refractivity contribution in [2.75, 3.05) is 13.2 Å². The van der Waals surface area contributed by atoms with Crippen molar-refractivity contribution in [1.82, 2.24) is 0 Å². The second-order valence-corrected chi connectivity index (χ2v) is 5.98. The van der Waals surface area contributed by atoms with Gasteiger partial charge in [-0.3, -0.25) is 9.59 Å². The van der Waals surface area contributed by atoms with Crippen LogP contribution in [0.4, 0.5) is 0 Å². The van der Waals surface area contributed by atoms with Crippen LogP contribution in [0.3, 0.4) is 0 Å². The van der Waals surface area contributed by atoms with Gasteiger partial charge in [-0.1, -0.05) is 0 Å². The van der Waals surface area contributed by atoms with Crippen molar-refractivity contribution in [2.24, 2.45) is 0 Å². The van der Waals surface area contributed by atoms with E-state index in [0.29, 0.717) is 0 Å². The van der Waals surface area contributed by atoms with Crippen LogP contribution in [0.1, 0.15) is 35.3 Å². The molecular formula is C18H16O10. The summed E-state index contributed by atoms with van der Waals surface area (Å²) in [5, 5.41) is 30.6. The lowest BCUT2D eigenvalue weighted by Crippen LogP contribution is -2.43. The Hall–Kier alpha value is -3.40. The van der Waals surface area contributed by atoms with Crippen molar-refractivity contribution in [3.05, 3.63) is 33.2 Å². The van der Waals surface area contributed by atoms with Gasteiger partial charge in [0.15, 0.2) is 11.3 Å². The number of hydrogen-bond acceptors (Lipinski definition) is 10. The normalized spacial score (nSPS) is 17.8. The van der Waals surface area contributed by atoms with Crippen LogP contribution in [0.25, 0.3) is 11.0 Å². The zero-order chi connectivity index (χ0) is 20.8. The number of phenols is 2. The number of phenolic OH excluding ortho intramolecular Hbond substituents is 2. The molecule has 0 aliphatic heterocycles. The number of aliphatic hydroxyl groups is 1. The van der Waals surface area contributed by atoms with Crippen molar-refractivity contribution in [3.8, 4) is 11.5 Å². The summed E-state index contributed by atoms with van der Waals surface area (Å²) in [6, 6.07) is 0.828. The van der Waals surface area contributed by atoms with Gasteiger partial charge >= 0.3 is 17.6 Å². The molecule has 0 saturated carbocycles. The average Bonchev–Trinajstić information content (AvgIpc) is 2.86. The third-order valence-electron chi connectivity index (χ3n) is 4.36. The molecule has 3 rings (SSSR count). The molecule has 1 heterocycles. The molecular weight excluding hydrogens is 376 g/mol. The SMILES string of the molecule is CCOC(=O)Cc1c2c3c(cc(O)c(O)c3oc1=O)C(=O)C2(O)C(=O)OCC. The predicted octanol–water partition coefficient (Wildman–Crippen LogP) is 0.257. The zero-order valence-electron chi connectivity index (χ0n) is 14.9. The summed E-state index contributed by atoms with van der Waals surface area (Å²) in [5.74, 6) is -5.07. The van der Waals surface area contributed by atoms with Crippen LogP contribution >= 0.6 is 0 Å². The number of hydrogen-bond donors (Lipinski definition) is 3. The van der Waals surface area contributed by atoms with Gasteiger partial charge in [0.1, 0.15) is 0 Å². The molecule has 0 radical (unpaired) electrons. The summed E-state index contributed by atoms with van der Waals surface area (Å²) in [6.07, 6.45) is -0.697. The molecule has 2 aromatic rings. The van der Waals surface area contributed by atoms with Gasteiger partial charge in [-0.05, 0) is 19.9 Å². The van der Waals surface area contributed by atoms with E-state index in [0.717, 1.165) is 6.07 Å². The lowest BCUT2D eigenvalue weighted by Gasteiger charge is -2.21. The number of ketones is 1. The van der Waals surface area contributed by atoms with E-state index in [-0.39, 0.29) is 24.2 Å². The highest BCUT2D eigenvalue weighted by Crippen LogP contribution is 2.48. The Labute approximate surface area is 156 Å². The molecule has 0 amide bonds. The Kier molecular flexibility index (Phi) is 4.59. The Morgan fingerprint density at radius 2 is 1.79 bits per heavy atom. The Morgan fingerprint density at radius 3 is 2.39 bits per heavy atom. The molecule has 1 atom stereocenters. The summed E-state index contributed by atoms with van der Waals surface area (Å²) in [4.78, 5) is 49.7. The van der Waals surface area contributed by atoms with E-state index in [1.807, 2.05) is 0 Å². The number of ether oxygens (including phenoxy) is 2. The first kappa shape index (κ1) is 19.4. The van der Waals surface area contributed by atoms with E-state index in [9.17, 15) is 34.5 Å². The number of aromatic hydroxyl groups is 2. The Balaban J connectivity index is 2.42. The molecule has 3 N–H and O–H groups in total. The van der Waals surface area contributed by atoms with Gasteiger partial charge < -0.3 is 29.2 Å². The number of carbonyl (C=O) groups is 3. The van der Waals surface area contributed by atoms with Crippen LogP contribution in [-0.2, 0) is 31.1 Å². The third kappa shape index (κ3) is 2.53. The number of carbonyl (C=O) groups excluding carboxylic acids is 3. The third-order valence-corrected chi connectivity index (χ3v) is 4.36. The summed E-state index contributed by atoms with van der Waals surface area (Å²) in [6.45, 7) is 2.81. The molecule has 1 aromatic carbocycles. The Morgan fingerprint density at radius 1 is 1.14 bits per heavy atom. The second-order valence-electron chi connectivity index (χ2n) is 5.98. The average molecular weight is 392 g/mol. The summed E-state index contributed by atoms with van der Waals surface area (Å²) >= 11 is 0. The summed E-state index contributed by atoms with van der Waals surface area (Å²) in [7, 11) is 0. The molecule has 148 valence electrons. The molecule has 0 bridgehead atoms. The fourth-order valence-electron chi connectivity index (χ4n) is 3.22. The molecule has 10 heteroatoms. The molecule has 1 unspecified atom stereocenters. The highest BCUT2D eigenvalue weighted by molar-refractivity contribution is 6.28. The maximum Gasteiger partial charge on any atom is 0.351 e. The highest BCUT2D eigenvalue weighted by Gasteiger charge is 2.56. The van der Waals surface area contributed by atoms with Crippen LogP contribution < -0.4 is 5.63 Å². The minimum atomic E-state index is -2.95. The molecule has 1 aliphatic rings. The monoisotopic (exact) mass is 392 g/mol. The lowest BCUT2D eigenvalue weighted by atomic mass is 9.90. The van der Waals surface area contributed by atoms with Crippen LogP contribution in [0.2, 0.25) is 0 Å². The van der Waals surface area contributed by atoms with Gasteiger partial charge in [-0.15, -0.1) is 0 Å². The molecule has 28 heavy (non-hydrogen) atoms. The van der Waals surface area contributed by atoms with Crippen molar-refractivity contribution in [3.63, 3.8) is 0 Å². The zero-order valence-corrected chi connectivity index (χ0v) is 14.9. The van der Waals surface area contributed by atoms with Gasteiger partial charge in [0.2, 0.25) is 11.5 Å². The minimum absolute atomic E-state index is 0.00800. The number of esters is 2. The van der Waals surface area contributed by atoms with Gasteiger partial charge in [0, 0.05) is 16.5 Å². The lowest BCUT2D eigenvalue weighted by molar-refractivity contribution is -0.160. The smallest absolute Gasteiger partial charge is 0.351 e. The predicted molar refractivity (Wildman–Crippen MR) is 91.0 cm³/mol. The number of rotatable bonds is 5. The molecule has 1 aliphatic carbocycles.